The summed E-state index contributed by atoms with van der Waals surface area (Å²) in [4.78, 5) is 16.3. The van der Waals surface area contributed by atoms with Crippen LogP contribution >= 0.6 is 11.8 Å². The minimum atomic E-state index is -0.246. The number of nitrogens with zero attached hydrogens (tertiary/aromatic N) is 4. The van der Waals surface area contributed by atoms with E-state index in [-0.39, 0.29) is 17.5 Å². The first kappa shape index (κ1) is 21.9. The predicted molar refractivity (Wildman–Crippen MR) is 119 cm³/mol. The molecule has 8 nitrogen and oxygen atoms in total. The van der Waals surface area contributed by atoms with Gasteiger partial charge in [-0.3, -0.25) is 4.79 Å². The molecule has 32 heavy (non-hydrogen) atoms. The molecule has 1 aliphatic heterocycles. The van der Waals surface area contributed by atoms with E-state index >= 15 is 0 Å². The van der Waals surface area contributed by atoms with Crippen molar-refractivity contribution in [2.24, 2.45) is 0 Å². The number of hydrogen-bond acceptors (Lipinski definition) is 8. The number of piperazine rings is 1. The molecule has 3 aromatic rings. The Balaban J connectivity index is 1.31. The molecule has 1 saturated heterocycles. The molecule has 0 aliphatic carbocycles. The molecule has 10 heteroatoms. The molecule has 0 atom stereocenters. The van der Waals surface area contributed by atoms with Crippen LogP contribution in [0.15, 0.2) is 52.1 Å². The monoisotopic (exact) mass is 458 g/mol. The molecule has 1 fully saturated rings. The standard InChI is InChI=1S/C22H23FN4O4S/c1-29-18-8-7-15(13-19(18)30-2)21-24-25-22(31-21)32-14-20(28)27-11-9-26(10-12-27)17-6-4-3-5-16(17)23/h3-8,13H,9-12,14H2,1-2H3. The van der Waals surface area contributed by atoms with Crippen LogP contribution in [0.5, 0.6) is 11.5 Å². The summed E-state index contributed by atoms with van der Waals surface area (Å²) in [6, 6.07) is 12.0. The van der Waals surface area contributed by atoms with E-state index in [1.807, 2.05) is 11.0 Å². The van der Waals surface area contributed by atoms with Gasteiger partial charge < -0.3 is 23.7 Å². The highest BCUT2D eigenvalue weighted by Gasteiger charge is 2.23. The number of amides is 1. The Kier molecular flexibility index (Phi) is 6.79. The van der Waals surface area contributed by atoms with Gasteiger partial charge in [0, 0.05) is 31.7 Å². The minimum Gasteiger partial charge on any atom is -0.493 e. The van der Waals surface area contributed by atoms with Crippen molar-refractivity contribution in [3.8, 4) is 23.0 Å². The first-order chi connectivity index (χ1) is 15.6. The molecule has 0 radical (unpaired) electrons. The number of rotatable bonds is 7. The maximum absolute atomic E-state index is 14.0. The number of carbonyl (C=O) groups excluding carboxylic acids is 1. The maximum Gasteiger partial charge on any atom is 0.277 e. The number of aromatic nitrogens is 2. The first-order valence-corrected chi connectivity index (χ1v) is 11.0. The van der Waals surface area contributed by atoms with Gasteiger partial charge in [-0.2, -0.15) is 0 Å². The van der Waals surface area contributed by atoms with Crippen LogP contribution in [0.4, 0.5) is 10.1 Å². The quantitative estimate of drug-likeness (QED) is 0.499. The number of carbonyl (C=O) groups is 1. The largest absolute Gasteiger partial charge is 0.493 e. The SMILES string of the molecule is COc1ccc(-c2nnc(SCC(=O)N3CCN(c4ccccc4F)CC3)o2)cc1OC. The lowest BCUT2D eigenvalue weighted by molar-refractivity contribution is -0.128. The van der Waals surface area contributed by atoms with E-state index in [2.05, 4.69) is 10.2 Å². The summed E-state index contributed by atoms with van der Waals surface area (Å²) in [5.74, 6) is 1.42. The lowest BCUT2D eigenvalue weighted by Crippen LogP contribution is -2.49. The van der Waals surface area contributed by atoms with Crippen LogP contribution in [-0.2, 0) is 4.79 Å². The topological polar surface area (TPSA) is 80.9 Å². The number of ether oxygens (including phenoxy) is 2. The first-order valence-electron chi connectivity index (χ1n) is 10.0. The summed E-state index contributed by atoms with van der Waals surface area (Å²) in [5.41, 5.74) is 1.26. The van der Waals surface area contributed by atoms with Crippen molar-refractivity contribution in [1.29, 1.82) is 0 Å². The van der Waals surface area contributed by atoms with Gasteiger partial charge in [-0.1, -0.05) is 23.9 Å². The lowest BCUT2D eigenvalue weighted by Gasteiger charge is -2.36. The summed E-state index contributed by atoms with van der Waals surface area (Å²) in [7, 11) is 3.12. The van der Waals surface area contributed by atoms with Crippen molar-refractivity contribution in [3.05, 3.63) is 48.3 Å². The third-order valence-corrected chi connectivity index (χ3v) is 5.98. The highest BCUT2D eigenvalue weighted by atomic mass is 32.2. The summed E-state index contributed by atoms with van der Waals surface area (Å²) in [6.45, 7) is 2.24. The van der Waals surface area contributed by atoms with Gasteiger partial charge in [0.1, 0.15) is 5.82 Å². The van der Waals surface area contributed by atoms with Crippen molar-refractivity contribution in [3.63, 3.8) is 0 Å². The third kappa shape index (κ3) is 4.80. The van der Waals surface area contributed by atoms with Crippen molar-refractivity contribution in [1.82, 2.24) is 15.1 Å². The van der Waals surface area contributed by atoms with Crippen molar-refractivity contribution in [2.45, 2.75) is 5.22 Å². The minimum absolute atomic E-state index is 0.0194. The van der Waals surface area contributed by atoms with Crippen LogP contribution in [0, 0.1) is 5.82 Å². The fourth-order valence-electron chi connectivity index (χ4n) is 3.47. The molecule has 2 aromatic carbocycles. The van der Waals surface area contributed by atoms with Gasteiger partial charge in [0.05, 0.1) is 25.7 Å². The number of methoxy groups -OCH3 is 2. The van der Waals surface area contributed by atoms with Crippen LogP contribution in [0.3, 0.4) is 0 Å². The van der Waals surface area contributed by atoms with Gasteiger partial charge in [0.15, 0.2) is 11.5 Å². The van der Waals surface area contributed by atoms with Crippen LogP contribution < -0.4 is 14.4 Å². The molecule has 0 N–H and O–H groups in total. The summed E-state index contributed by atoms with van der Waals surface area (Å²) >= 11 is 1.19. The average molecular weight is 459 g/mol. The molecule has 1 aliphatic rings. The number of para-hydroxylation sites is 1. The van der Waals surface area contributed by atoms with Crippen LogP contribution in [-0.4, -0.2) is 67.2 Å². The van der Waals surface area contributed by atoms with E-state index in [4.69, 9.17) is 13.9 Å². The molecule has 0 spiro atoms. The molecule has 0 bridgehead atoms. The number of hydrogen-bond donors (Lipinski definition) is 0. The van der Waals surface area contributed by atoms with E-state index in [1.165, 1.54) is 17.8 Å². The Morgan fingerprint density at radius 1 is 1.06 bits per heavy atom. The third-order valence-electron chi connectivity index (χ3n) is 5.18. The van der Waals surface area contributed by atoms with Gasteiger partial charge >= 0.3 is 0 Å². The Hall–Kier alpha value is -3.27. The Bertz CT molecular complexity index is 1090. The molecule has 0 saturated carbocycles. The van der Waals surface area contributed by atoms with Crippen LogP contribution in [0.1, 0.15) is 0 Å². The molecule has 2 heterocycles. The molecule has 0 unspecified atom stereocenters. The number of thioether (sulfide) groups is 1. The zero-order valence-corrected chi connectivity index (χ0v) is 18.6. The highest BCUT2D eigenvalue weighted by molar-refractivity contribution is 7.99. The second kappa shape index (κ2) is 9.90. The van der Waals surface area contributed by atoms with Gasteiger partial charge in [-0.15, -0.1) is 10.2 Å². The number of benzene rings is 2. The average Bonchev–Trinajstić information content (AvgIpc) is 3.31. The zero-order chi connectivity index (χ0) is 22.5. The number of halogens is 1. The van der Waals surface area contributed by atoms with E-state index < -0.39 is 0 Å². The van der Waals surface area contributed by atoms with Crippen LogP contribution in [0.25, 0.3) is 11.5 Å². The summed E-state index contributed by atoms with van der Waals surface area (Å²) in [5, 5.41) is 8.39. The van der Waals surface area contributed by atoms with Crippen molar-refractivity contribution in [2.75, 3.05) is 51.1 Å². The molecular formula is C22H23FN4O4S. The smallest absolute Gasteiger partial charge is 0.277 e. The molecule has 1 aromatic heterocycles. The predicted octanol–water partition coefficient (Wildman–Crippen LogP) is 3.33. The van der Waals surface area contributed by atoms with E-state index in [0.717, 1.165) is 0 Å². The van der Waals surface area contributed by atoms with Crippen molar-refractivity contribution < 1.29 is 23.1 Å². The van der Waals surface area contributed by atoms with Gasteiger partial charge in [-0.05, 0) is 30.3 Å². The highest BCUT2D eigenvalue weighted by Crippen LogP contribution is 2.32. The number of anilines is 1. The Labute approximate surface area is 189 Å². The zero-order valence-electron chi connectivity index (χ0n) is 17.8. The fourth-order valence-corrected chi connectivity index (χ4v) is 4.14. The van der Waals surface area contributed by atoms with Gasteiger partial charge in [0.25, 0.3) is 5.22 Å². The fraction of sp³-hybridized carbons (Fsp3) is 0.318. The molecule has 1 amide bonds. The lowest BCUT2D eigenvalue weighted by atomic mass is 10.2. The van der Waals surface area contributed by atoms with Crippen molar-refractivity contribution >= 4 is 23.4 Å². The second-order valence-corrected chi connectivity index (χ2v) is 7.98. The molecular weight excluding hydrogens is 435 g/mol. The second-order valence-electron chi connectivity index (χ2n) is 7.05. The van der Waals surface area contributed by atoms with E-state index in [1.54, 1.807) is 49.5 Å². The van der Waals surface area contributed by atoms with E-state index in [9.17, 15) is 9.18 Å². The normalized spacial score (nSPS) is 13.8. The maximum atomic E-state index is 14.0. The van der Waals surface area contributed by atoms with E-state index in [0.29, 0.717) is 60.0 Å². The Morgan fingerprint density at radius 2 is 1.81 bits per heavy atom. The van der Waals surface area contributed by atoms with Gasteiger partial charge in [0.2, 0.25) is 11.8 Å². The summed E-state index contributed by atoms with van der Waals surface area (Å²) < 4.78 is 30.2. The molecule has 168 valence electrons. The summed E-state index contributed by atoms with van der Waals surface area (Å²) in [6.07, 6.45) is 0. The van der Waals surface area contributed by atoms with Gasteiger partial charge in [-0.25, -0.2) is 4.39 Å². The Morgan fingerprint density at radius 3 is 2.53 bits per heavy atom. The van der Waals surface area contributed by atoms with Crippen LogP contribution in [0.2, 0.25) is 0 Å². The molecule has 4 rings (SSSR count).